The molecule has 0 saturated carbocycles. The number of carbonyl (C=O) groups is 2. The largest absolute Gasteiger partial charge is 0.457 e. The molecule has 2 N–H and O–H groups in total. The Bertz CT molecular complexity index is 2330. The summed E-state index contributed by atoms with van der Waals surface area (Å²) >= 11 is 1.27. The third kappa shape index (κ3) is 7.61. The average Bonchev–Trinajstić information content (AvgIpc) is 3.60. The van der Waals surface area contributed by atoms with Gasteiger partial charge >= 0.3 is 0 Å². The van der Waals surface area contributed by atoms with Crippen molar-refractivity contribution in [1.29, 1.82) is 0 Å². The van der Waals surface area contributed by atoms with Gasteiger partial charge in [0.15, 0.2) is 11.0 Å². The van der Waals surface area contributed by atoms with Crippen molar-refractivity contribution in [2.45, 2.75) is 18.5 Å². The van der Waals surface area contributed by atoms with Crippen molar-refractivity contribution < 1.29 is 18.7 Å². The van der Waals surface area contributed by atoms with Crippen LogP contribution in [0.4, 0.5) is 15.8 Å². The first-order valence-electron chi connectivity index (χ1n) is 16.0. The lowest BCUT2D eigenvalue weighted by Gasteiger charge is -2.13. The molecule has 10 nitrogen and oxygen atoms in total. The fourth-order valence-corrected chi connectivity index (χ4v) is 6.16. The molecule has 3 heterocycles. The first-order chi connectivity index (χ1) is 24.9. The van der Waals surface area contributed by atoms with Gasteiger partial charge in [0.2, 0.25) is 5.91 Å². The molecule has 4 aromatic carbocycles. The van der Waals surface area contributed by atoms with Gasteiger partial charge in [-0.05, 0) is 90.8 Å². The third-order valence-corrected chi connectivity index (χ3v) is 8.92. The van der Waals surface area contributed by atoms with Crippen molar-refractivity contribution >= 4 is 45.7 Å². The van der Waals surface area contributed by atoms with E-state index < -0.39 is 5.82 Å². The molecule has 0 unspecified atom stereocenters. The van der Waals surface area contributed by atoms with Crippen LogP contribution in [-0.4, -0.2) is 42.3 Å². The van der Waals surface area contributed by atoms with Crippen LogP contribution >= 0.6 is 11.8 Å². The average molecular weight is 696 g/mol. The second-order valence-electron chi connectivity index (χ2n) is 11.4. The Morgan fingerprint density at radius 2 is 1.61 bits per heavy atom. The normalized spacial score (nSPS) is 10.9. The van der Waals surface area contributed by atoms with Gasteiger partial charge in [-0.2, -0.15) is 0 Å². The summed E-state index contributed by atoms with van der Waals surface area (Å²) < 4.78 is 21.6. The summed E-state index contributed by atoms with van der Waals surface area (Å²) in [6.45, 7) is 2.10. The number of ether oxygens (including phenoxy) is 1. The number of anilines is 2. The van der Waals surface area contributed by atoms with Crippen LogP contribution in [-0.2, 0) is 11.2 Å². The van der Waals surface area contributed by atoms with Gasteiger partial charge in [-0.3, -0.25) is 24.1 Å². The van der Waals surface area contributed by atoms with Gasteiger partial charge in [-0.15, -0.1) is 10.2 Å². The summed E-state index contributed by atoms with van der Waals surface area (Å²) in [6, 6.07) is 29.6. The van der Waals surface area contributed by atoms with Crippen LogP contribution in [0.25, 0.3) is 27.8 Å². The highest BCUT2D eigenvalue weighted by Gasteiger charge is 2.18. The smallest absolute Gasteiger partial charge is 0.255 e. The predicted octanol–water partition coefficient (Wildman–Crippen LogP) is 8.35. The van der Waals surface area contributed by atoms with Crippen LogP contribution in [0.1, 0.15) is 22.8 Å². The van der Waals surface area contributed by atoms with E-state index >= 15 is 0 Å². The number of aromatic nitrogens is 5. The van der Waals surface area contributed by atoms with Crippen molar-refractivity contribution in [1.82, 2.24) is 24.7 Å². The number of fused-ring (bicyclic) bond motifs is 1. The highest BCUT2D eigenvalue weighted by Crippen LogP contribution is 2.34. The van der Waals surface area contributed by atoms with Gasteiger partial charge in [-0.25, -0.2) is 4.39 Å². The maximum absolute atomic E-state index is 13.7. The van der Waals surface area contributed by atoms with Gasteiger partial charge in [0, 0.05) is 64.1 Å². The van der Waals surface area contributed by atoms with E-state index in [9.17, 15) is 14.0 Å². The van der Waals surface area contributed by atoms with Gasteiger partial charge in [0.05, 0.1) is 11.4 Å². The molecule has 7 rings (SSSR count). The number of thioether (sulfide) groups is 1. The standard InChI is InChI=1S/C39H30FN7O3S/c1-2-25-6-12-30(13-7-25)47-37(26-16-19-41-20-17-26)45-46-39(47)51-24-36(48)43-29-10-8-27(9-11-29)38(49)44-34-14-15-35(32-18-21-42-23-33(32)34)50-31-5-3-4-28(40)22-31/h3-23H,2,24H2,1H3,(H,43,48)(H,44,49). The maximum atomic E-state index is 13.7. The van der Waals surface area contributed by atoms with E-state index in [1.807, 2.05) is 28.8 Å². The molecular weight excluding hydrogens is 666 g/mol. The second kappa shape index (κ2) is 15.0. The molecule has 51 heavy (non-hydrogen) atoms. The predicted molar refractivity (Wildman–Crippen MR) is 196 cm³/mol. The molecule has 0 radical (unpaired) electrons. The van der Waals surface area contributed by atoms with Gasteiger partial charge in [-0.1, -0.05) is 36.9 Å². The van der Waals surface area contributed by atoms with Crippen LogP contribution in [0, 0.1) is 5.82 Å². The van der Waals surface area contributed by atoms with E-state index in [0.717, 1.165) is 17.7 Å². The monoisotopic (exact) mass is 695 g/mol. The summed E-state index contributed by atoms with van der Waals surface area (Å²) in [4.78, 5) is 34.6. The van der Waals surface area contributed by atoms with Crippen LogP contribution in [0.3, 0.4) is 0 Å². The molecule has 0 fully saturated rings. The number of hydrogen-bond acceptors (Lipinski definition) is 8. The van der Waals surface area contributed by atoms with Crippen LogP contribution in [0.2, 0.25) is 0 Å². The quantitative estimate of drug-likeness (QED) is 0.130. The van der Waals surface area contributed by atoms with Gasteiger partial charge in [0.1, 0.15) is 17.3 Å². The Morgan fingerprint density at radius 1 is 0.824 bits per heavy atom. The van der Waals surface area contributed by atoms with Crippen molar-refractivity contribution in [3.8, 4) is 28.6 Å². The molecule has 0 spiro atoms. The number of nitrogens with one attached hydrogen (secondary N) is 2. The van der Waals surface area contributed by atoms with Crippen LogP contribution < -0.4 is 15.4 Å². The number of benzene rings is 4. The van der Waals surface area contributed by atoms with Crippen molar-refractivity contribution in [2.24, 2.45) is 0 Å². The Labute approximate surface area is 296 Å². The minimum Gasteiger partial charge on any atom is -0.457 e. The van der Waals surface area contributed by atoms with E-state index in [1.165, 1.54) is 29.5 Å². The number of nitrogens with zero attached hydrogens (tertiary/aromatic N) is 5. The fraction of sp³-hybridized carbons (Fsp3) is 0.0769. The van der Waals surface area contributed by atoms with E-state index in [4.69, 9.17) is 4.74 Å². The lowest BCUT2D eigenvalue weighted by molar-refractivity contribution is -0.113. The molecule has 7 aromatic rings. The molecule has 3 aromatic heterocycles. The van der Waals surface area contributed by atoms with Gasteiger partial charge < -0.3 is 15.4 Å². The van der Waals surface area contributed by atoms with Crippen molar-refractivity contribution in [3.63, 3.8) is 0 Å². The zero-order valence-corrected chi connectivity index (χ0v) is 28.1. The molecule has 0 aliphatic carbocycles. The van der Waals surface area contributed by atoms with Crippen LogP contribution in [0.15, 0.2) is 133 Å². The summed E-state index contributed by atoms with van der Waals surface area (Å²) in [5, 5.41) is 16.6. The van der Waals surface area contributed by atoms with E-state index in [2.05, 4.69) is 49.9 Å². The number of pyridine rings is 2. The van der Waals surface area contributed by atoms with Crippen LogP contribution in [0.5, 0.6) is 11.5 Å². The molecule has 0 aliphatic heterocycles. The molecule has 12 heteroatoms. The number of hydrogen-bond donors (Lipinski definition) is 2. The zero-order valence-electron chi connectivity index (χ0n) is 27.3. The number of carbonyl (C=O) groups excluding carboxylic acids is 2. The van der Waals surface area contributed by atoms with E-state index in [1.54, 1.807) is 79.4 Å². The molecule has 0 atom stereocenters. The highest BCUT2D eigenvalue weighted by molar-refractivity contribution is 7.99. The number of amides is 2. The zero-order chi connectivity index (χ0) is 35.2. The molecule has 0 bridgehead atoms. The Hall–Kier alpha value is -6.40. The SMILES string of the molecule is CCc1ccc(-n2c(SCC(=O)Nc3ccc(C(=O)Nc4ccc(Oc5cccc(F)c5)c5ccncc45)cc3)nnc2-c2ccncc2)cc1. The highest BCUT2D eigenvalue weighted by atomic mass is 32.2. The minimum atomic E-state index is -0.405. The molecule has 252 valence electrons. The summed E-state index contributed by atoms with van der Waals surface area (Å²) in [5.41, 5.74) is 4.42. The minimum absolute atomic E-state index is 0.0871. The molecular formula is C39H30FN7O3S. The van der Waals surface area contributed by atoms with Crippen molar-refractivity contribution in [2.75, 3.05) is 16.4 Å². The van der Waals surface area contributed by atoms with E-state index in [-0.39, 0.29) is 17.6 Å². The topological polar surface area (TPSA) is 124 Å². The first kappa shape index (κ1) is 33.1. The second-order valence-corrected chi connectivity index (χ2v) is 12.3. The lowest BCUT2D eigenvalue weighted by atomic mass is 10.1. The van der Waals surface area contributed by atoms with E-state index in [0.29, 0.717) is 50.2 Å². The maximum Gasteiger partial charge on any atom is 0.255 e. The Morgan fingerprint density at radius 3 is 2.37 bits per heavy atom. The summed E-state index contributed by atoms with van der Waals surface area (Å²) in [6.07, 6.45) is 7.58. The number of halogens is 1. The van der Waals surface area contributed by atoms with Crippen molar-refractivity contribution in [3.05, 3.63) is 145 Å². The number of aryl methyl sites for hydroxylation is 1. The summed E-state index contributed by atoms with van der Waals surface area (Å²) in [7, 11) is 0. The first-order valence-corrected chi connectivity index (χ1v) is 17.0. The Balaban J connectivity index is 1.01. The third-order valence-electron chi connectivity index (χ3n) is 7.99. The molecule has 0 saturated heterocycles. The Kier molecular flexibility index (Phi) is 9.75. The molecule has 2 amide bonds. The lowest BCUT2D eigenvalue weighted by Crippen LogP contribution is -2.15. The molecule has 0 aliphatic rings. The van der Waals surface area contributed by atoms with Gasteiger partial charge in [0.25, 0.3) is 5.91 Å². The number of rotatable bonds is 11. The fourth-order valence-electron chi connectivity index (χ4n) is 5.41. The summed E-state index contributed by atoms with van der Waals surface area (Å²) in [5.74, 6) is 0.597.